The van der Waals surface area contributed by atoms with Crippen molar-refractivity contribution < 1.29 is 0 Å². The summed E-state index contributed by atoms with van der Waals surface area (Å²) in [6, 6.07) is 10.6. The lowest BCUT2D eigenvalue weighted by molar-refractivity contribution is 1.44. The molecule has 0 saturated heterocycles. The molecule has 1 aliphatic rings. The van der Waals surface area contributed by atoms with E-state index in [0.717, 1.165) is 0 Å². The van der Waals surface area contributed by atoms with Crippen molar-refractivity contribution in [1.29, 1.82) is 0 Å². The van der Waals surface area contributed by atoms with Crippen LogP contribution in [-0.4, -0.2) is 10.3 Å². The standard InChI is InChI=1S/C14H6Cl4N2/c15-9-5-1-3-7-11(9)19-14(18)8-4-2-6-10(16)12(8)20-13(7)17/h1-6H/b13-7?,14-8?,19-11?,19-14+,20-12?,20-13+. The van der Waals surface area contributed by atoms with E-state index in [0.29, 0.717) is 32.5 Å². The van der Waals surface area contributed by atoms with Gasteiger partial charge in [-0.3, -0.25) is 0 Å². The van der Waals surface area contributed by atoms with Crippen molar-refractivity contribution in [2.45, 2.75) is 0 Å². The van der Waals surface area contributed by atoms with Crippen LogP contribution in [0.2, 0.25) is 10.0 Å². The van der Waals surface area contributed by atoms with Gasteiger partial charge in [0.2, 0.25) is 0 Å². The summed E-state index contributed by atoms with van der Waals surface area (Å²) in [6.45, 7) is 0. The van der Waals surface area contributed by atoms with Crippen LogP contribution in [0.4, 0.5) is 11.4 Å². The van der Waals surface area contributed by atoms with Crippen molar-refractivity contribution in [3.63, 3.8) is 0 Å². The van der Waals surface area contributed by atoms with Crippen LogP contribution in [0.5, 0.6) is 0 Å². The quantitative estimate of drug-likeness (QED) is 0.565. The molecule has 0 amide bonds. The van der Waals surface area contributed by atoms with Crippen LogP contribution in [0.25, 0.3) is 0 Å². The van der Waals surface area contributed by atoms with Gasteiger partial charge in [0.25, 0.3) is 0 Å². The Morgan fingerprint density at radius 3 is 1.40 bits per heavy atom. The van der Waals surface area contributed by atoms with Crippen LogP contribution in [0.1, 0.15) is 11.1 Å². The van der Waals surface area contributed by atoms with Gasteiger partial charge in [-0.05, 0) is 24.3 Å². The van der Waals surface area contributed by atoms with E-state index in [4.69, 9.17) is 46.4 Å². The summed E-state index contributed by atoms with van der Waals surface area (Å²) < 4.78 is 0. The largest absolute Gasteiger partial charge is 0.234 e. The normalized spacial score (nSPS) is 18.8. The third-order valence-electron chi connectivity index (χ3n) is 2.84. The van der Waals surface area contributed by atoms with E-state index < -0.39 is 0 Å². The summed E-state index contributed by atoms with van der Waals surface area (Å²) in [5, 5.41) is 1.45. The highest BCUT2D eigenvalue weighted by atomic mass is 35.5. The number of fused-ring (bicyclic) bond motifs is 2. The maximum atomic E-state index is 6.26. The minimum Gasteiger partial charge on any atom is -0.234 e. The summed E-state index contributed by atoms with van der Waals surface area (Å²) in [6.07, 6.45) is 0. The maximum Gasteiger partial charge on any atom is 0.139 e. The average molecular weight is 344 g/mol. The van der Waals surface area contributed by atoms with Gasteiger partial charge in [-0.15, -0.1) is 0 Å². The van der Waals surface area contributed by atoms with E-state index in [2.05, 4.69) is 9.98 Å². The lowest BCUT2D eigenvalue weighted by atomic mass is 10.1. The van der Waals surface area contributed by atoms with Gasteiger partial charge in [0.15, 0.2) is 0 Å². The van der Waals surface area contributed by atoms with Gasteiger partial charge >= 0.3 is 0 Å². The molecule has 0 aromatic heterocycles. The van der Waals surface area contributed by atoms with Crippen LogP contribution < -0.4 is 0 Å². The summed E-state index contributed by atoms with van der Waals surface area (Å²) in [5.41, 5.74) is 2.22. The summed E-state index contributed by atoms with van der Waals surface area (Å²) in [7, 11) is 0. The fraction of sp³-hybridized carbons (Fsp3) is 0. The van der Waals surface area contributed by atoms with E-state index in [1.165, 1.54) is 0 Å². The van der Waals surface area contributed by atoms with E-state index >= 15 is 0 Å². The molecule has 1 heterocycles. The topological polar surface area (TPSA) is 24.7 Å². The Hall–Kier alpha value is -1.06. The molecular weight excluding hydrogens is 338 g/mol. The first kappa shape index (κ1) is 13.9. The van der Waals surface area contributed by atoms with Gasteiger partial charge in [-0.1, -0.05) is 58.5 Å². The smallest absolute Gasteiger partial charge is 0.139 e. The first-order valence-corrected chi connectivity index (χ1v) is 7.15. The Balaban J connectivity index is 2.37. The molecule has 0 aliphatic carbocycles. The molecule has 2 nitrogen and oxygen atoms in total. The van der Waals surface area contributed by atoms with E-state index in [-0.39, 0.29) is 10.3 Å². The number of benzene rings is 2. The van der Waals surface area contributed by atoms with Crippen LogP contribution in [0.3, 0.4) is 0 Å². The molecule has 0 fully saturated rings. The van der Waals surface area contributed by atoms with Gasteiger partial charge in [-0.25, -0.2) is 9.98 Å². The second-order valence-electron chi connectivity index (χ2n) is 4.08. The zero-order chi connectivity index (χ0) is 14.3. The summed E-state index contributed by atoms with van der Waals surface area (Å²) in [4.78, 5) is 8.72. The predicted molar refractivity (Wildman–Crippen MR) is 87.0 cm³/mol. The summed E-state index contributed by atoms with van der Waals surface area (Å²) >= 11 is 24.8. The van der Waals surface area contributed by atoms with Crippen molar-refractivity contribution >= 4 is 68.1 Å². The number of hydrogen-bond donors (Lipinski definition) is 0. The number of para-hydroxylation sites is 2. The van der Waals surface area contributed by atoms with Crippen molar-refractivity contribution in [3.8, 4) is 0 Å². The Kier molecular flexibility index (Phi) is 3.74. The zero-order valence-corrected chi connectivity index (χ0v) is 12.9. The second-order valence-corrected chi connectivity index (χ2v) is 5.61. The van der Waals surface area contributed by atoms with Gasteiger partial charge < -0.3 is 0 Å². The molecule has 20 heavy (non-hydrogen) atoms. The average Bonchev–Trinajstić information content (AvgIpc) is 2.41. The van der Waals surface area contributed by atoms with Crippen molar-refractivity contribution in [3.05, 3.63) is 57.6 Å². The Morgan fingerprint density at radius 1 is 0.600 bits per heavy atom. The van der Waals surface area contributed by atoms with Crippen LogP contribution in [-0.2, 0) is 0 Å². The molecule has 3 rings (SSSR count). The lowest BCUT2D eigenvalue weighted by Crippen LogP contribution is -2.00. The highest BCUT2D eigenvalue weighted by molar-refractivity contribution is 6.72. The Labute approximate surface area is 135 Å². The molecule has 100 valence electrons. The molecule has 2 aromatic carbocycles. The van der Waals surface area contributed by atoms with Crippen molar-refractivity contribution in [2.75, 3.05) is 0 Å². The molecule has 0 spiro atoms. The predicted octanol–water partition coefficient (Wildman–Crippen LogP) is 5.94. The molecule has 0 unspecified atom stereocenters. The van der Waals surface area contributed by atoms with E-state index in [9.17, 15) is 0 Å². The van der Waals surface area contributed by atoms with Gasteiger partial charge in [0.05, 0.1) is 21.4 Å². The van der Waals surface area contributed by atoms with Crippen LogP contribution in [0.15, 0.2) is 46.4 Å². The van der Waals surface area contributed by atoms with Gasteiger partial charge in [-0.2, -0.15) is 0 Å². The minimum atomic E-state index is 0.268. The third-order valence-corrected chi connectivity index (χ3v) is 4.02. The number of hydrogen-bond acceptors (Lipinski definition) is 2. The minimum absolute atomic E-state index is 0.268. The van der Waals surface area contributed by atoms with Gasteiger partial charge in [0.1, 0.15) is 10.3 Å². The van der Waals surface area contributed by atoms with Crippen molar-refractivity contribution in [1.82, 2.24) is 0 Å². The van der Waals surface area contributed by atoms with Crippen LogP contribution >= 0.6 is 46.4 Å². The molecule has 0 radical (unpaired) electrons. The molecule has 0 bridgehead atoms. The maximum absolute atomic E-state index is 6.26. The fourth-order valence-corrected chi connectivity index (χ4v) is 2.82. The molecule has 0 atom stereocenters. The molecule has 1 aliphatic heterocycles. The van der Waals surface area contributed by atoms with Gasteiger partial charge in [0, 0.05) is 11.1 Å². The number of nitrogens with zero attached hydrogens (tertiary/aromatic N) is 2. The lowest BCUT2D eigenvalue weighted by Gasteiger charge is -2.13. The molecule has 0 N–H and O–H groups in total. The SMILES string of the molecule is Cl/C1=N/c2c(Cl)cccc2/C(Cl)=N\c2c(Cl)cccc21. The second kappa shape index (κ2) is 5.38. The third kappa shape index (κ3) is 2.33. The first-order valence-electron chi connectivity index (χ1n) is 5.64. The molecule has 2 aromatic rings. The van der Waals surface area contributed by atoms with Crippen molar-refractivity contribution in [2.24, 2.45) is 9.98 Å². The van der Waals surface area contributed by atoms with E-state index in [1.807, 2.05) is 0 Å². The number of aliphatic imine (C=N–C) groups is 2. The fourth-order valence-electron chi connectivity index (χ4n) is 1.91. The molecule has 0 saturated carbocycles. The molecular formula is C14H6Cl4N2. The Morgan fingerprint density at radius 2 is 1.00 bits per heavy atom. The number of rotatable bonds is 0. The first-order chi connectivity index (χ1) is 9.58. The van der Waals surface area contributed by atoms with E-state index in [1.54, 1.807) is 36.4 Å². The summed E-state index contributed by atoms with van der Waals surface area (Å²) in [5.74, 6) is 0. The monoisotopic (exact) mass is 342 g/mol. The van der Waals surface area contributed by atoms with Crippen LogP contribution in [0, 0.1) is 0 Å². The highest BCUT2D eigenvalue weighted by Crippen LogP contribution is 2.38. The molecule has 6 heteroatoms. The highest BCUT2D eigenvalue weighted by Gasteiger charge is 2.18. The number of halogens is 4. The zero-order valence-electron chi connectivity index (χ0n) is 9.87. The Bertz CT molecular complexity index is 700.